The van der Waals surface area contributed by atoms with Crippen LogP contribution in [0.3, 0.4) is 0 Å². The summed E-state index contributed by atoms with van der Waals surface area (Å²) in [6.07, 6.45) is 0.326. The minimum absolute atomic E-state index is 0.0859. The number of carbonyl (C=O) groups excluding carboxylic acids is 1. The van der Waals surface area contributed by atoms with Crippen molar-refractivity contribution < 1.29 is 9.90 Å². The minimum Gasteiger partial charge on any atom is -0.396 e. The smallest absolute Gasteiger partial charge is 0.227 e. The molecule has 1 amide bonds. The van der Waals surface area contributed by atoms with E-state index in [2.05, 4.69) is 4.90 Å². The van der Waals surface area contributed by atoms with Gasteiger partial charge in [0.05, 0.1) is 6.42 Å². The monoisotopic (exact) mass is 310 g/mol. The summed E-state index contributed by atoms with van der Waals surface area (Å²) in [5, 5.41) is 10.1. The molecule has 2 rings (SSSR count). The molecule has 116 valence electrons. The topological polar surface area (TPSA) is 43.8 Å². The molecule has 1 aliphatic heterocycles. The highest BCUT2D eigenvalue weighted by atomic mass is 35.5. The Balaban J connectivity index is 1.99. The predicted octanol–water partition coefficient (Wildman–Crippen LogP) is 1.51. The van der Waals surface area contributed by atoms with Gasteiger partial charge in [0.1, 0.15) is 0 Å². The van der Waals surface area contributed by atoms with Crippen LogP contribution in [0.2, 0.25) is 5.02 Å². The van der Waals surface area contributed by atoms with E-state index in [4.69, 9.17) is 11.6 Å². The first-order chi connectivity index (χ1) is 10.0. The van der Waals surface area contributed by atoms with Crippen LogP contribution < -0.4 is 0 Å². The first-order valence-corrected chi connectivity index (χ1v) is 7.65. The molecule has 0 radical (unpaired) electrons. The quantitative estimate of drug-likeness (QED) is 0.896. The molecule has 5 heteroatoms. The highest BCUT2D eigenvalue weighted by Gasteiger charge is 2.34. The van der Waals surface area contributed by atoms with Crippen LogP contribution in [0.15, 0.2) is 24.3 Å². The van der Waals surface area contributed by atoms with Crippen molar-refractivity contribution in [2.75, 3.05) is 40.3 Å². The number of benzene rings is 1. The first kappa shape index (κ1) is 16.3. The third-order valence-corrected chi connectivity index (χ3v) is 4.43. The summed E-state index contributed by atoms with van der Waals surface area (Å²) in [4.78, 5) is 16.4. The Hall–Kier alpha value is -1.10. The summed E-state index contributed by atoms with van der Waals surface area (Å²) in [5.41, 5.74) is 0.862. The molecule has 4 nitrogen and oxygen atoms in total. The fourth-order valence-electron chi connectivity index (χ4n) is 2.94. The zero-order valence-electron chi connectivity index (χ0n) is 12.6. The first-order valence-electron chi connectivity index (χ1n) is 7.28. The Kier molecular flexibility index (Phi) is 5.62. The minimum atomic E-state index is 0.0859. The van der Waals surface area contributed by atoms with Crippen molar-refractivity contribution in [1.29, 1.82) is 0 Å². The lowest BCUT2D eigenvalue weighted by Gasteiger charge is -2.20. The van der Waals surface area contributed by atoms with Gasteiger partial charge in [-0.2, -0.15) is 0 Å². The maximum absolute atomic E-state index is 12.4. The van der Waals surface area contributed by atoms with Crippen molar-refractivity contribution >= 4 is 17.5 Å². The SMILES string of the molecule is CN(C)C[C@@H]1CN(C(=O)Cc2ccccc2Cl)C[C@@H]1CO. The van der Waals surface area contributed by atoms with Gasteiger partial charge in [0.15, 0.2) is 0 Å². The largest absolute Gasteiger partial charge is 0.396 e. The molecular weight excluding hydrogens is 288 g/mol. The van der Waals surface area contributed by atoms with Gasteiger partial charge >= 0.3 is 0 Å². The van der Waals surface area contributed by atoms with E-state index >= 15 is 0 Å². The molecule has 0 unspecified atom stereocenters. The van der Waals surface area contributed by atoms with Crippen LogP contribution in [0.4, 0.5) is 0 Å². The molecule has 0 aromatic heterocycles. The maximum Gasteiger partial charge on any atom is 0.227 e. The highest BCUT2D eigenvalue weighted by Crippen LogP contribution is 2.25. The molecule has 0 spiro atoms. The van der Waals surface area contributed by atoms with E-state index < -0.39 is 0 Å². The number of halogens is 1. The molecule has 1 aromatic rings. The lowest BCUT2D eigenvalue weighted by Crippen LogP contribution is -2.31. The second-order valence-electron chi connectivity index (χ2n) is 6.03. The van der Waals surface area contributed by atoms with Crippen molar-refractivity contribution in [1.82, 2.24) is 9.80 Å². The van der Waals surface area contributed by atoms with Gasteiger partial charge in [-0.3, -0.25) is 4.79 Å². The van der Waals surface area contributed by atoms with Crippen LogP contribution in [-0.2, 0) is 11.2 Å². The zero-order chi connectivity index (χ0) is 15.4. The molecular formula is C16H23ClN2O2. The molecule has 2 atom stereocenters. The summed E-state index contributed by atoms with van der Waals surface area (Å²) in [7, 11) is 4.03. The van der Waals surface area contributed by atoms with Gasteiger partial charge in [0.25, 0.3) is 0 Å². The molecule has 1 heterocycles. The summed E-state index contributed by atoms with van der Waals surface area (Å²) in [5.74, 6) is 0.589. The number of rotatable bonds is 5. The Labute approximate surface area is 131 Å². The van der Waals surface area contributed by atoms with Crippen LogP contribution in [0, 0.1) is 11.8 Å². The molecule has 1 aliphatic rings. The number of aliphatic hydroxyl groups is 1. The van der Waals surface area contributed by atoms with Gasteiger partial charge in [-0.15, -0.1) is 0 Å². The van der Waals surface area contributed by atoms with E-state index in [1.807, 2.05) is 37.2 Å². The van der Waals surface area contributed by atoms with Gasteiger partial charge in [-0.05, 0) is 31.6 Å². The van der Waals surface area contributed by atoms with E-state index in [1.54, 1.807) is 6.07 Å². The van der Waals surface area contributed by atoms with Crippen LogP contribution >= 0.6 is 11.6 Å². The Morgan fingerprint density at radius 2 is 2.00 bits per heavy atom. The lowest BCUT2D eigenvalue weighted by atomic mass is 9.97. The number of amides is 1. The summed E-state index contributed by atoms with van der Waals surface area (Å²) >= 11 is 6.11. The predicted molar refractivity (Wildman–Crippen MR) is 84.4 cm³/mol. The number of nitrogens with zero attached hydrogens (tertiary/aromatic N) is 2. The third-order valence-electron chi connectivity index (χ3n) is 4.06. The number of hydrogen-bond donors (Lipinski definition) is 1. The molecule has 1 aromatic carbocycles. The van der Waals surface area contributed by atoms with Crippen molar-refractivity contribution in [2.45, 2.75) is 6.42 Å². The van der Waals surface area contributed by atoms with Gasteiger partial charge < -0.3 is 14.9 Å². The van der Waals surface area contributed by atoms with Crippen LogP contribution in [0.1, 0.15) is 5.56 Å². The average molecular weight is 311 g/mol. The Morgan fingerprint density at radius 1 is 1.33 bits per heavy atom. The number of hydrogen-bond acceptors (Lipinski definition) is 3. The van der Waals surface area contributed by atoms with Crippen LogP contribution in [-0.4, -0.2) is 61.2 Å². The number of aliphatic hydroxyl groups excluding tert-OH is 1. The van der Waals surface area contributed by atoms with E-state index in [0.717, 1.165) is 12.1 Å². The molecule has 1 N–H and O–H groups in total. The lowest BCUT2D eigenvalue weighted by molar-refractivity contribution is -0.129. The van der Waals surface area contributed by atoms with E-state index in [0.29, 0.717) is 30.5 Å². The molecule has 1 fully saturated rings. The van der Waals surface area contributed by atoms with Crippen molar-refractivity contribution in [3.63, 3.8) is 0 Å². The molecule has 21 heavy (non-hydrogen) atoms. The van der Waals surface area contributed by atoms with Crippen LogP contribution in [0.5, 0.6) is 0 Å². The molecule has 0 bridgehead atoms. The van der Waals surface area contributed by atoms with Crippen molar-refractivity contribution in [3.8, 4) is 0 Å². The average Bonchev–Trinajstić information content (AvgIpc) is 2.83. The summed E-state index contributed by atoms with van der Waals surface area (Å²) in [6.45, 7) is 2.38. The van der Waals surface area contributed by atoms with Crippen molar-refractivity contribution in [3.05, 3.63) is 34.9 Å². The fourth-order valence-corrected chi connectivity index (χ4v) is 3.14. The van der Waals surface area contributed by atoms with Gasteiger partial charge in [-0.25, -0.2) is 0 Å². The third kappa shape index (κ3) is 4.19. The van der Waals surface area contributed by atoms with Crippen LogP contribution in [0.25, 0.3) is 0 Å². The zero-order valence-corrected chi connectivity index (χ0v) is 13.4. The second kappa shape index (κ2) is 7.25. The van der Waals surface area contributed by atoms with E-state index in [1.165, 1.54) is 0 Å². The molecule has 0 aliphatic carbocycles. The summed E-state index contributed by atoms with van der Waals surface area (Å²) in [6, 6.07) is 7.45. The fraction of sp³-hybridized carbons (Fsp3) is 0.562. The van der Waals surface area contributed by atoms with Gasteiger partial charge in [0.2, 0.25) is 5.91 Å². The van der Waals surface area contributed by atoms with E-state index in [9.17, 15) is 9.90 Å². The Morgan fingerprint density at radius 3 is 2.62 bits per heavy atom. The maximum atomic E-state index is 12.4. The normalized spacial score (nSPS) is 22.0. The number of carbonyl (C=O) groups is 1. The highest BCUT2D eigenvalue weighted by molar-refractivity contribution is 6.31. The summed E-state index contributed by atoms with van der Waals surface area (Å²) < 4.78 is 0. The standard InChI is InChI=1S/C16H23ClN2O2/c1-18(2)8-13-9-19(10-14(13)11-20)16(21)7-12-5-3-4-6-15(12)17/h3-6,13-14,20H,7-11H2,1-2H3/t13-,14-/m1/s1. The van der Waals surface area contributed by atoms with Crippen molar-refractivity contribution in [2.24, 2.45) is 11.8 Å². The number of likely N-dealkylation sites (tertiary alicyclic amines) is 1. The molecule has 1 saturated heterocycles. The van der Waals surface area contributed by atoms with Gasteiger partial charge in [-0.1, -0.05) is 29.8 Å². The molecule has 0 saturated carbocycles. The van der Waals surface area contributed by atoms with E-state index in [-0.39, 0.29) is 18.4 Å². The second-order valence-corrected chi connectivity index (χ2v) is 6.44. The van der Waals surface area contributed by atoms with Gasteiger partial charge in [0, 0.05) is 37.2 Å². The Bertz CT molecular complexity index is 493.